The Balaban J connectivity index is 1.42. The Hall–Kier alpha value is -3.78. The Bertz CT molecular complexity index is 1570. The van der Waals surface area contributed by atoms with E-state index < -0.39 is 0 Å². The van der Waals surface area contributed by atoms with Crippen molar-refractivity contribution in [3.05, 3.63) is 82.6 Å². The quantitative estimate of drug-likeness (QED) is 0.389. The van der Waals surface area contributed by atoms with Gasteiger partial charge in [0.1, 0.15) is 5.39 Å². The van der Waals surface area contributed by atoms with E-state index in [1.54, 1.807) is 23.2 Å². The molecule has 4 aromatic rings. The normalized spacial score (nSPS) is 16.4. The Labute approximate surface area is 216 Å². The summed E-state index contributed by atoms with van der Waals surface area (Å²) in [6.07, 6.45) is 9.81. The van der Waals surface area contributed by atoms with Gasteiger partial charge < -0.3 is 10.6 Å². The Morgan fingerprint density at radius 1 is 1.19 bits per heavy atom. The number of rotatable bonds is 5. The second kappa shape index (κ2) is 8.66. The van der Waals surface area contributed by atoms with E-state index in [1.165, 1.54) is 30.4 Å². The first-order valence-corrected chi connectivity index (χ1v) is 13.0. The molecule has 0 radical (unpaired) electrons. The number of pyridine rings is 1. The molecule has 6 rings (SSSR count). The zero-order valence-corrected chi connectivity index (χ0v) is 21.7. The van der Waals surface area contributed by atoms with Crippen LogP contribution in [0.25, 0.3) is 16.7 Å². The molecule has 1 aliphatic heterocycles. The van der Waals surface area contributed by atoms with Crippen molar-refractivity contribution >= 4 is 22.7 Å². The zero-order chi connectivity index (χ0) is 25.8. The lowest BCUT2D eigenvalue weighted by Gasteiger charge is -2.47. The summed E-state index contributed by atoms with van der Waals surface area (Å²) < 4.78 is 3.49. The molecule has 1 aromatic carbocycles. The van der Waals surface area contributed by atoms with Crippen molar-refractivity contribution < 1.29 is 0 Å². The van der Waals surface area contributed by atoms with Gasteiger partial charge in [-0.15, -0.1) is 6.58 Å². The molecule has 0 amide bonds. The van der Waals surface area contributed by atoms with E-state index in [1.807, 2.05) is 16.8 Å². The first-order chi connectivity index (χ1) is 17.8. The molecule has 0 unspecified atom stereocenters. The molecule has 1 spiro atoms. The fraction of sp³-hybridized carbons (Fsp3) is 0.379. The smallest absolute Gasteiger partial charge is 0.278 e. The average Bonchev–Trinajstić information content (AvgIpc) is 3.13. The highest BCUT2D eigenvalue weighted by Crippen LogP contribution is 2.45. The summed E-state index contributed by atoms with van der Waals surface area (Å²) in [4.78, 5) is 27.2. The SMILES string of the molecule is C=CCn1c(=O)c2cnc(Nc3ccc4c(c3)CCNC43CCC3)nc2n1-c1ccnc(C(C)(C)C)c1. The second-order valence-corrected chi connectivity index (χ2v) is 11.2. The van der Waals surface area contributed by atoms with Crippen LogP contribution in [0.2, 0.25) is 0 Å². The summed E-state index contributed by atoms with van der Waals surface area (Å²) in [5.41, 5.74) is 5.95. The number of hydrogen-bond donors (Lipinski definition) is 2. The van der Waals surface area contributed by atoms with Crippen LogP contribution in [0.15, 0.2) is 60.2 Å². The maximum absolute atomic E-state index is 13.3. The third-order valence-electron chi connectivity index (χ3n) is 7.68. The minimum absolute atomic E-state index is 0.135. The third-order valence-corrected chi connectivity index (χ3v) is 7.68. The highest BCUT2D eigenvalue weighted by atomic mass is 16.1. The van der Waals surface area contributed by atoms with Crippen LogP contribution in [0, 0.1) is 0 Å². The highest BCUT2D eigenvalue weighted by molar-refractivity contribution is 5.77. The van der Waals surface area contributed by atoms with E-state index in [-0.39, 0.29) is 16.5 Å². The summed E-state index contributed by atoms with van der Waals surface area (Å²) >= 11 is 0. The molecule has 1 aliphatic carbocycles. The van der Waals surface area contributed by atoms with Gasteiger partial charge in [0, 0.05) is 41.3 Å². The first-order valence-electron chi connectivity index (χ1n) is 13.0. The molecule has 37 heavy (non-hydrogen) atoms. The monoisotopic (exact) mass is 495 g/mol. The van der Waals surface area contributed by atoms with Crippen LogP contribution in [0.5, 0.6) is 0 Å². The van der Waals surface area contributed by atoms with Crippen molar-refractivity contribution in [2.24, 2.45) is 0 Å². The Kier molecular flexibility index (Phi) is 5.53. The number of nitrogens with zero attached hydrogens (tertiary/aromatic N) is 5. The van der Waals surface area contributed by atoms with Crippen LogP contribution >= 0.6 is 0 Å². The van der Waals surface area contributed by atoms with Gasteiger partial charge in [-0.25, -0.2) is 14.3 Å². The van der Waals surface area contributed by atoms with Gasteiger partial charge in [-0.2, -0.15) is 4.98 Å². The fourth-order valence-electron chi connectivity index (χ4n) is 5.58. The minimum Gasteiger partial charge on any atom is -0.324 e. The molecule has 0 bridgehead atoms. The van der Waals surface area contributed by atoms with Crippen molar-refractivity contribution in [3.8, 4) is 5.69 Å². The van der Waals surface area contributed by atoms with Crippen LogP contribution in [-0.4, -0.2) is 30.9 Å². The standard InChI is InChI=1S/C29H33N7O/c1-5-15-35-26(37)22-18-31-27(34-25(22)36(35)21-10-13-30-24(17-21)28(2,3)4)33-20-7-8-23-19(16-20)9-14-32-29(23)11-6-12-29/h5,7-8,10,13,16-18,32H,1,6,9,11-12,14-15H2,2-4H3,(H,31,33,34). The molecule has 2 aliphatic rings. The average molecular weight is 496 g/mol. The Morgan fingerprint density at radius 2 is 2.03 bits per heavy atom. The van der Waals surface area contributed by atoms with E-state index >= 15 is 0 Å². The topological polar surface area (TPSA) is 89.7 Å². The molecule has 8 nitrogen and oxygen atoms in total. The van der Waals surface area contributed by atoms with Crippen molar-refractivity contribution in [2.45, 2.75) is 64.0 Å². The Morgan fingerprint density at radius 3 is 2.76 bits per heavy atom. The number of benzene rings is 1. The molecular formula is C29H33N7O. The maximum atomic E-state index is 13.3. The van der Waals surface area contributed by atoms with E-state index in [0.717, 1.165) is 30.0 Å². The molecule has 190 valence electrons. The van der Waals surface area contributed by atoms with E-state index in [4.69, 9.17) is 4.98 Å². The number of hydrogen-bond acceptors (Lipinski definition) is 6. The van der Waals surface area contributed by atoms with Gasteiger partial charge in [-0.05, 0) is 61.1 Å². The largest absolute Gasteiger partial charge is 0.324 e. The van der Waals surface area contributed by atoms with Gasteiger partial charge in [0.15, 0.2) is 5.65 Å². The van der Waals surface area contributed by atoms with Gasteiger partial charge in [0.2, 0.25) is 5.95 Å². The number of allylic oxidation sites excluding steroid dienone is 1. The van der Waals surface area contributed by atoms with Crippen molar-refractivity contribution in [1.29, 1.82) is 0 Å². The lowest BCUT2D eigenvalue weighted by molar-refractivity contribution is 0.176. The van der Waals surface area contributed by atoms with E-state index in [9.17, 15) is 4.79 Å². The van der Waals surface area contributed by atoms with Crippen molar-refractivity contribution in [1.82, 2.24) is 29.6 Å². The van der Waals surface area contributed by atoms with Gasteiger partial charge >= 0.3 is 0 Å². The maximum Gasteiger partial charge on any atom is 0.278 e. The summed E-state index contributed by atoms with van der Waals surface area (Å²) in [6.45, 7) is 11.6. The van der Waals surface area contributed by atoms with E-state index in [0.29, 0.717) is 23.5 Å². The first kappa shape index (κ1) is 23.6. The molecule has 3 aromatic heterocycles. The van der Waals surface area contributed by atoms with Crippen LogP contribution < -0.4 is 16.2 Å². The summed E-state index contributed by atoms with van der Waals surface area (Å²) in [5, 5.41) is 7.59. The predicted octanol–water partition coefficient (Wildman–Crippen LogP) is 4.73. The molecule has 0 atom stereocenters. The van der Waals surface area contributed by atoms with Crippen LogP contribution in [0.1, 0.15) is 56.9 Å². The minimum atomic E-state index is -0.150. The van der Waals surface area contributed by atoms with E-state index in [2.05, 4.69) is 66.2 Å². The second-order valence-electron chi connectivity index (χ2n) is 11.2. The zero-order valence-electron chi connectivity index (χ0n) is 21.7. The molecule has 1 fully saturated rings. The van der Waals surface area contributed by atoms with Crippen molar-refractivity contribution in [3.63, 3.8) is 0 Å². The number of nitrogens with one attached hydrogen (secondary N) is 2. The molecule has 4 heterocycles. The van der Waals surface area contributed by atoms with Gasteiger partial charge in [0.25, 0.3) is 5.56 Å². The van der Waals surface area contributed by atoms with Crippen LogP contribution in [0.3, 0.4) is 0 Å². The summed E-state index contributed by atoms with van der Waals surface area (Å²) in [5.74, 6) is 0.453. The molecule has 2 N–H and O–H groups in total. The van der Waals surface area contributed by atoms with Crippen LogP contribution in [-0.2, 0) is 23.9 Å². The summed E-state index contributed by atoms with van der Waals surface area (Å²) in [6, 6.07) is 10.5. The third kappa shape index (κ3) is 3.96. The molecule has 1 saturated carbocycles. The fourth-order valence-corrected chi connectivity index (χ4v) is 5.58. The number of aromatic nitrogens is 5. The predicted molar refractivity (Wildman–Crippen MR) is 147 cm³/mol. The van der Waals surface area contributed by atoms with Gasteiger partial charge in [-0.1, -0.05) is 32.9 Å². The lowest BCUT2D eigenvalue weighted by Crippen LogP contribution is -2.51. The van der Waals surface area contributed by atoms with Gasteiger partial charge in [-0.3, -0.25) is 9.78 Å². The molecular weight excluding hydrogens is 462 g/mol. The number of anilines is 2. The van der Waals surface area contributed by atoms with Gasteiger partial charge in [0.05, 0.1) is 12.2 Å². The molecule has 0 saturated heterocycles. The highest BCUT2D eigenvalue weighted by Gasteiger charge is 2.41. The lowest BCUT2D eigenvalue weighted by atomic mass is 9.68. The van der Waals surface area contributed by atoms with Crippen LogP contribution in [0.4, 0.5) is 11.6 Å². The number of fused-ring (bicyclic) bond motifs is 3. The molecule has 8 heteroatoms. The summed E-state index contributed by atoms with van der Waals surface area (Å²) in [7, 11) is 0. The van der Waals surface area contributed by atoms with Crippen molar-refractivity contribution in [2.75, 3.05) is 11.9 Å².